The molecule has 4 rings (SSSR count). The molecule has 7 nitrogen and oxygen atoms in total. The first-order chi connectivity index (χ1) is 21.1. The van der Waals surface area contributed by atoms with Gasteiger partial charge in [-0.15, -0.1) is 0 Å². The van der Waals surface area contributed by atoms with E-state index in [-0.39, 0.29) is 29.7 Å². The minimum absolute atomic E-state index is 0.0781. The summed E-state index contributed by atoms with van der Waals surface area (Å²) >= 11 is 0. The largest absolute Gasteiger partial charge is 0.354 e. The number of benzene rings is 4. The SMILES string of the molecule is Cc1ccc(N(CC(=O)N(Cc2ccccc2C)[C@H](Cc2ccccc2)C(=O)NCC(C)C)S(=O)(=O)c2ccccc2)cc1. The summed E-state index contributed by atoms with van der Waals surface area (Å²) in [6.45, 7) is 8.02. The highest BCUT2D eigenvalue weighted by molar-refractivity contribution is 7.92. The zero-order valence-electron chi connectivity index (χ0n) is 25.8. The summed E-state index contributed by atoms with van der Waals surface area (Å²) in [6, 6.07) is 31.5. The van der Waals surface area contributed by atoms with Crippen molar-refractivity contribution in [1.29, 1.82) is 0 Å². The molecule has 0 bridgehead atoms. The quantitative estimate of drug-likeness (QED) is 0.204. The molecule has 4 aromatic rings. The van der Waals surface area contributed by atoms with Gasteiger partial charge >= 0.3 is 0 Å². The van der Waals surface area contributed by atoms with Crippen LogP contribution in [-0.4, -0.2) is 44.3 Å². The Labute approximate surface area is 261 Å². The summed E-state index contributed by atoms with van der Waals surface area (Å²) in [6.07, 6.45) is 0.276. The van der Waals surface area contributed by atoms with E-state index in [9.17, 15) is 18.0 Å². The zero-order chi connectivity index (χ0) is 31.7. The van der Waals surface area contributed by atoms with Gasteiger partial charge in [0.05, 0.1) is 10.6 Å². The number of amides is 2. The maximum absolute atomic E-state index is 14.5. The number of carbonyl (C=O) groups is 2. The fourth-order valence-corrected chi connectivity index (χ4v) is 6.34. The van der Waals surface area contributed by atoms with E-state index in [0.29, 0.717) is 12.2 Å². The van der Waals surface area contributed by atoms with E-state index in [1.807, 2.05) is 94.4 Å². The first kappa shape index (κ1) is 32.5. The molecule has 0 spiro atoms. The molecule has 0 unspecified atom stereocenters. The van der Waals surface area contributed by atoms with Crippen LogP contribution in [0.25, 0.3) is 0 Å². The smallest absolute Gasteiger partial charge is 0.264 e. The molecular formula is C36H41N3O4S. The van der Waals surface area contributed by atoms with E-state index in [4.69, 9.17) is 0 Å². The summed E-state index contributed by atoms with van der Waals surface area (Å²) in [7, 11) is -4.12. The molecule has 44 heavy (non-hydrogen) atoms. The molecule has 1 N–H and O–H groups in total. The molecule has 4 aromatic carbocycles. The lowest BCUT2D eigenvalue weighted by atomic mass is 10.0. The minimum Gasteiger partial charge on any atom is -0.354 e. The van der Waals surface area contributed by atoms with Gasteiger partial charge in [-0.1, -0.05) is 104 Å². The van der Waals surface area contributed by atoms with Crippen molar-refractivity contribution in [2.45, 2.75) is 51.6 Å². The first-order valence-corrected chi connectivity index (χ1v) is 16.3. The Balaban J connectivity index is 1.79. The first-order valence-electron chi connectivity index (χ1n) is 14.9. The topological polar surface area (TPSA) is 86.8 Å². The third kappa shape index (κ3) is 8.35. The molecule has 0 heterocycles. The van der Waals surface area contributed by atoms with Gasteiger partial charge in [-0.2, -0.15) is 0 Å². The molecule has 0 saturated carbocycles. The van der Waals surface area contributed by atoms with E-state index in [1.165, 1.54) is 17.0 Å². The Morgan fingerprint density at radius 3 is 1.98 bits per heavy atom. The second-order valence-corrected chi connectivity index (χ2v) is 13.3. The molecule has 0 aliphatic rings. The summed E-state index contributed by atoms with van der Waals surface area (Å²) in [4.78, 5) is 30.0. The molecule has 8 heteroatoms. The van der Waals surface area contributed by atoms with Crippen LogP contribution in [0.15, 0.2) is 114 Å². The van der Waals surface area contributed by atoms with Crippen molar-refractivity contribution in [2.75, 3.05) is 17.4 Å². The van der Waals surface area contributed by atoms with Gasteiger partial charge in [0.2, 0.25) is 11.8 Å². The highest BCUT2D eigenvalue weighted by Gasteiger charge is 2.34. The van der Waals surface area contributed by atoms with E-state index >= 15 is 0 Å². The number of hydrogen-bond acceptors (Lipinski definition) is 4. The number of nitrogens with one attached hydrogen (secondary N) is 1. The summed E-state index contributed by atoms with van der Waals surface area (Å²) in [5.74, 6) is -0.545. The molecule has 1 atom stereocenters. The molecule has 0 saturated heterocycles. The molecule has 230 valence electrons. The highest BCUT2D eigenvalue weighted by Crippen LogP contribution is 2.25. The van der Waals surface area contributed by atoms with Crippen LogP contribution in [0.3, 0.4) is 0 Å². The van der Waals surface area contributed by atoms with Crippen LogP contribution in [-0.2, 0) is 32.6 Å². The van der Waals surface area contributed by atoms with Gasteiger partial charge in [0.15, 0.2) is 0 Å². The fraction of sp³-hybridized carbons (Fsp3) is 0.278. The Kier molecular flexibility index (Phi) is 11.0. The highest BCUT2D eigenvalue weighted by atomic mass is 32.2. The number of rotatable bonds is 13. The number of carbonyl (C=O) groups excluding carboxylic acids is 2. The van der Waals surface area contributed by atoms with Gasteiger partial charge in [0, 0.05) is 19.5 Å². The Bertz CT molecular complexity index is 1640. The normalized spacial score (nSPS) is 12.0. The van der Waals surface area contributed by atoms with Crippen molar-refractivity contribution in [1.82, 2.24) is 10.2 Å². The van der Waals surface area contributed by atoms with E-state index in [1.54, 1.807) is 30.3 Å². The third-order valence-corrected chi connectivity index (χ3v) is 9.28. The average molecular weight is 612 g/mol. The van der Waals surface area contributed by atoms with Crippen LogP contribution in [0.2, 0.25) is 0 Å². The lowest BCUT2D eigenvalue weighted by Crippen LogP contribution is -2.53. The zero-order valence-corrected chi connectivity index (χ0v) is 26.6. The third-order valence-electron chi connectivity index (χ3n) is 7.49. The van der Waals surface area contributed by atoms with Gasteiger partial charge in [-0.05, 0) is 60.7 Å². The van der Waals surface area contributed by atoms with Crippen LogP contribution in [0.4, 0.5) is 5.69 Å². The molecule has 2 amide bonds. The van der Waals surface area contributed by atoms with Crippen LogP contribution in [0.1, 0.15) is 36.1 Å². The number of sulfonamides is 1. The predicted octanol–water partition coefficient (Wildman–Crippen LogP) is 5.91. The van der Waals surface area contributed by atoms with Gasteiger partial charge in [-0.25, -0.2) is 8.42 Å². The van der Waals surface area contributed by atoms with Crippen molar-refractivity contribution in [3.8, 4) is 0 Å². The Morgan fingerprint density at radius 1 is 0.773 bits per heavy atom. The van der Waals surface area contributed by atoms with Crippen LogP contribution >= 0.6 is 0 Å². The molecule has 0 radical (unpaired) electrons. The standard InChI is InChI=1S/C36H41N3O4S/c1-27(2)24-37-36(41)34(23-30-14-7-5-8-15-30)38(25-31-16-12-11-13-29(31)4)35(40)26-39(32-21-19-28(3)20-22-32)44(42,43)33-17-9-6-10-18-33/h5-22,27,34H,23-26H2,1-4H3,(H,37,41)/t34-/m1/s1. The van der Waals surface area contributed by atoms with E-state index in [0.717, 1.165) is 26.6 Å². The number of hydrogen-bond donors (Lipinski definition) is 1. The van der Waals surface area contributed by atoms with Crippen LogP contribution < -0.4 is 9.62 Å². The van der Waals surface area contributed by atoms with Gasteiger partial charge < -0.3 is 10.2 Å². The van der Waals surface area contributed by atoms with E-state index < -0.39 is 28.5 Å². The summed E-state index contributed by atoms with van der Waals surface area (Å²) < 4.78 is 29.2. The van der Waals surface area contributed by atoms with Crippen LogP contribution in [0.5, 0.6) is 0 Å². The lowest BCUT2D eigenvalue weighted by molar-refractivity contribution is -0.140. The second-order valence-electron chi connectivity index (χ2n) is 11.5. The maximum Gasteiger partial charge on any atom is 0.264 e. The molecule has 0 fully saturated rings. The van der Waals surface area contributed by atoms with Crippen molar-refractivity contribution in [2.24, 2.45) is 5.92 Å². The number of nitrogens with zero attached hydrogens (tertiary/aromatic N) is 2. The molecular weight excluding hydrogens is 570 g/mol. The number of anilines is 1. The Morgan fingerprint density at radius 2 is 1.36 bits per heavy atom. The van der Waals surface area contributed by atoms with Gasteiger partial charge in [-0.3, -0.25) is 13.9 Å². The maximum atomic E-state index is 14.5. The number of aryl methyl sites for hydroxylation is 2. The second kappa shape index (κ2) is 14.8. The lowest BCUT2D eigenvalue weighted by Gasteiger charge is -2.34. The van der Waals surface area contributed by atoms with Gasteiger partial charge in [0.25, 0.3) is 10.0 Å². The van der Waals surface area contributed by atoms with Crippen molar-refractivity contribution in [3.63, 3.8) is 0 Å². The fourth-order valence-electron chi connectivity index (χ4n) is 4.91. The monoisotopic (exact) mass is 611 g/mol. The molecule has 0 aromatic heterocycles. The van der Waals surface area contributed by atoms with Crippen LogP contribution in [0, 0.1) is 19.8 Å². The van der Waals surface area contributed by atoms with Crippen molar-refractivity contribution >= 4 is 27.5 Å². The van der Waals surface area contributed by atoms with Gasteiger partial charge in [0.1, 0.15) is 12.6 Å². The summed E-state index contributed by atoms with van der Waals surface area (Å²) in [5.41, 5.74) is 4.07. The average Bonchev–Trinajstić information content (AvgIpc) is 3.02. The summed E-state index contributed by atoms with van der Waals surface area (Å²) in [5, 5.41) is 3.02. The van der Waals surface area contributed by atoms with Crippen molar-refractivity contribution in [3.05, 3.63) is 131 Å². The molecule has 0 aliphatic carbocycles. The van der Waals surface area contributed by atoms with Crippen molar-refractivity contribution < 1.29 is 18.0 Å². The predicted molar refractivity (Wildman–Crippen MR) is 176 cm³/mol. The minimum atomic E-state index is -4.12. The Hall–Kier alpha value is -4.43. The van der Waals surface area contributed by atoms with E-state index in [2.05, 4.69) is 5.32 Å². The molecule has 0 aliphatic heterocycles.